The molecule has 1 aromatic heterocycles. The first-order chi connectivity index (χ1) is 14.7. The molecule has 0 saturated heterocycles. The Labute approximate surface area is 179 Å². The van der Waals surface area contributed by atoms with E-state index in [1.807, 2.05) is 66.7 Å². The van der Waals surface area contributed by atoms with E-state index in [1.54, 1.807) is 12.5 Å². The third-order valence-electron chi connectivity index (χ3n) is 4.27. The molecule has 6 nitrogen and oxygen atoms in total. The predicted molar refractivity (Wildman–Crippen MR) is 118 cm³/mol. The van der Waals surface area contributed by atoms with Crippen LogP contribution in [-0.4, -0.2) is 23.9 Å². The molecule has 0 fully saturated rings. The molecule has 0 saturated carbocycles. The van der Waals surface area contributed by atoms with Crippen LogP contribution in [0, 0.1) is 0 Å². The van der Waals surface area contributed by atoms with E-state index >= 15 is 0 Å². The number of carbonyl (C=O) groups is 2. The molecular formula is C23H23N3O3S. The molecule has 154 valence electrons. The van der Waals surface area contributed by atoms with Crippen LogP contribution in [0.1, 0.15) is 33.0 Å². The first-order valence-corrected chi connectivity index (χ1v) is 10.4. The topological polar surface area (TPSA) is 80.3 Å². The number of carbonyl (C=O) groups excluding carboxylic acids is 2. The summed E-state index contributed by atoms with van der Waals surface area (Å²) < 4.78 is 5.28. The van der Waals surface area contributed by atoms with Crippen molar-refractivity contribution in [1.82, 2.24) is 15.6 Å². The summed E-state index contributed by atoms with van der Waals surface area (Å²) in [6, 6.07) is 17.3. The molecule has 0 spiro atoms. The van der Waals surface area contributed by atoms with E-state index in [-0.39, 0.29) is 18.2 Å². The van der Waals surface area contributed by atoms with Gasteiger partial charge in [-0.2, -0.15) is 0 Å². The van der Waals surface area contributed by atoms with Crippen LogP contribution >= 0.6 is 11.3 Å². The van der Waals surface area contributed by atoms with Gasteiger partial charge in [-0.25, -0.2) is 4.98 Å². The summed E-state index contributed by atoms with van der Waals surface area (Å²) in [4.78, 5) is 28.6. The summed E-state index contributed by atoms with van der Waals surface area (Å²) in [7, 11) is 1.60. The third kappa shape index (κ3) is 6.28. The largest absolute Gasteiger partial charge is 0.496 e. The van der Waals surface area contributed by atoms with E-state index in [1.165, 1.54) is 11.3 Å². The van der Waals surface area contributed by atoms with Gasteiger partial charge < -0.3 is 15.4 Å². The summed E-state index contributed by atoms with van der Waals surface area (Å²) in [6.07, 6.45) is 4.02. The Kier molecular flexibility index (Phi) is 7.74. The average molecular weight is 422 g/mol. The number of nitrogens with zero attached hydrogens (tertiary/aromatic N) is 1. The second kappa shape index (κ2) is 10.9. The molecule has 1 heterocycles. The van der Waals surface area contributed by atoms with Gasteiger partial charge in [0.25, 0.3) is 5.91 Å². The number of benzene rings is 2. The van der Waals surface area contributed by atoms with Crippen molar-refractivity contribution >= 4 is 29.2 Å². The molecular weight excluding hydrogens is 398 g/mol. The first-order valence-electron chi connectivity index (χ1n) is 9.48. The Morgan fingerprint density at radius 2 is 1.80 bits per heavy atom. The minimum absolute atomic E-state index is 0.0976. The van der Waals surface area contributed by atoms with Crippen molar-refractivity contribution < 1.29 is 14.3 Å². The summed E-state index contributed by atoms with van der Waals surface area (Å²) in [5.74, 6) is 0.362. The van der Waals surface area contributed by atoms with Crippen molar-refractivity contribution in [2.75, 3.05) is 7.11 Å². The molecule has 2 amide bonds. The SMILES string of the molecule is COc1ccccc1CNC(=O)c1csc(CNC(=O)CC=Cc2ccccc2)n1. The first kappa shape index (κ1) is 21.3. The Hall–Kier alpha value is -3.45. The minimum Gasteiger partial charge on any atom is -0.496 e. The van der Waals surface area contributed by atoms with E-state index in [9.17, 15) is 9.59 Å². The zero-order valence-electron chi connectivity index (χ0n) is 16.6. The fourth-order valence-electron chi connectivity index (χ4n) is 2.72. The van der Waals surface area contributed by atoms with E-state index < -0.39 is 0 Å². The van der Waals surface area contributed by atoms with Crippen LogP contribution in [0.5, 0.6) is 5.75 Å². The smallest absolute Gasteiger partial charge is 0.271 e. The Morgan fingerprint density at radius 3 is 2.60 bits per heavy atom. The highest BCUT2D eigenvalue weighted by molar-refractivity contribution is 7.09. The third-order valence-corrected chi connectivity index (χ3v) is 5.12. The number of para-hydroxylation sites is 1. The van der Waals surface area contributed by atoms with Gasteiger partial charge in [-0.15, -0.1) is 11.3 Å². The highest BCUT2D eigenvalue weighted by atomic mass is 32.1. The second-order valence-electron chi connectivity index (χ2n) is 6.41. The molecule has 0 unspecified atom stereocenters. The van der Waals surface area contributed by atoms with Crippen LogP contribution < -0.4 is 15.4 Å². The van der Waals surface area contributed by atoms with Gasteiger partial charge in [0.15, 0.2) is 0 Å². The average Bonchev–Trinajstić information content (AvgIpc) is 3.26. The van der Waals surface area contributed by atoms with Gasteiger partial charge in [-0.3, -0.25) is 9.59 Å². The molecule has 0 aliphatic heterocycles. The second-order valence-corrected chi connectivity index (χ2v) is 7.36. The van der Waals surface area contributed by atoms with Crippen molar-refractivity contribution in [1.29, 1.82) is 0 Å². The normalized spacial score (nSPS) is 10.7. The molecule has 30 heavy (non-hydrogen) atoms. The number of rotatable bonds is 9. The number of nitrogens with one attached hydrogen (secondary N) is 2. The van der Waals surface area contributed by atoms with Crippen molar-refractivity contribution in [3.63, 3.8) is 0 Å². The molecule has 0 bridgehead atoms. The lowest BCUT2D eigenvalue weighted by Crippen LogP contribution is -2.24. The lowest BCUT2D eigenvalue weighted by Gasteiger charge is -2.08. The lowest BCUT2D eigenvalue weighted by molar-refractivity contribution is -0.120. The molecule has 0 aliphatic carbocycles. The quantitative estimate of drug-likeness (QED) is 0.551. The van der Waals surface area contributed by atoms with E-state index in [2.05, 4.69) is 15.6 Å². The van der Waals surface area contributed by atoms with Gasteiger partial charge >= 0.3 is 0 Å². The van der Waals surface area contributed by atoms with Crippen molar-refractivity contribution in [3.8, 4) is 5.75 Å². The highest BCUT2D eigenvalue weighted by Crippen LogP contribution is 2.17. The molecule has 3 rings (SSSR count). The van der Waals surface area contributed by atoms with Crippen LogP contribution in [-0.2, 0) is 17.9 Å². The Balaban J connectivity index is 1.44. The fraction of sp³-hybridized carbons (Fsp3) is 0.174. The number of hydrogen-bond donors (Lipinski definition) is 2. The van der Waals surface area contributed by atoms with Crippen LogP contribution in [0.3, 0.4) is 0 Å². The summed E-state index contributed by atoms with van der Waals surface area (Å²) in [5.41, 5.74) is 2.27. The zero-order chi connectivity index (χ0) is 21.2. The fourth-order valence-corrected chi connectivity index (χ4v) is 3.44. The van der Waals surface area contributed by atoms with E-state index in [0.29, 0.717) is 23.8 Å². The summed E-state index contributed by atoms with van der Waals surface area (Å²) >= 11 is 1.34. The molecule has 3 aromatic rings. The van der Waals surface area contributed by atoms with Gasteiger partial charge in [0, 0.05) is 23.9 Å². The van der Waals surface area contributed by atoms with Crippen molar-refractivity contribution in [2.45, 2.75) is 19.5 Å². The standard InChI is InChI=1S/C23H23N3O3S/c1-29-20-12-6-5-11-18(20)14-25-23(28)19-16-30-22(26-19)15-24-21(27)13-7-10-17-8-3-2-4-9-17/h2-12,16H,13-15H2,1H3,(H,24,27)(H,25,28). The van der Waals surface area contributed by atoms with Gasteiger partial charge in [-0.1, -0.05) is 60.7 Å². The monoisotopic (exact) mass is 421 g/mol. The maximum absolute atomic E-state index is 12.3. The summed E-state index contributed by atoms with van der Waals surface area (Å²) in [6.45, 7) is 0.642. The molecule has 2 aromatic carbocycles. The van der Waals surface area contributed by atoms with E-state index in [4.69, 9.17) is 4.74 Å². The van der Waals surface area contributed by atoms with Crippen LogP contribution in [0.2, 0.25) is 0 Å². The molecule has 2 N–H and O–H groups in total. The molecule has 0 aliphatic rings. The minimum atomic E-state index is -0.263. The van der Waals surface area contributed by atoms with Crippen LogP contribution in [0.4, 0.5) is 0 Å². The summed E-state index contributed by atoms with van der Waals surface area (Å²) in [5, 5.41) is 8.03. The number of aromatic nitrogens is 1. The Morgan fingerprint density at radius 1 is 1.03 bits per heavy atom. The lowest BCUT2D eigenvalue weighted by atomic mass is 10.2. The maximum atomic E-state index is 12.3. The maximum Gasteiger partial charge on any atom is 0.271 e. The van der Waals surface area contributed by atoms with Crippen molar-refractivity contribution in [3.05, 3.63) is 87.9 Å². The van der Waals surface area contributed by atoms with Gasteiger partial charge in [-0.05, 0) is 11.6 Å². The molecule has 0 atom stereocenters. The van der Waals surface area contributed by atoms with Gasteiger partial charge in [0.2, 0.25) is 5.91 Å². The molecule has 7 heteroatoms. The van der Waals surface area contributed by atoms with Crippen LogP contribution in [0.15, 0.2) is 66.1 Å². The zero-order valence-corrected chi connectivity index (χ0v) is 17.4. The number of methoxy groups -OCH3 is 1. The highest BCUT2D eigenvalue weighted by Gasteiger charge is 2.12. The molecule has 0 radical (unpaired) electrons. The number of ether oxygens (including phenoxy) is 1. The number of thiazole rings is 1. The number of amides is 2. The Bertz CT molecular complexity index is 1020. The number of hydrogen-bond acceptors (Lipinski definition) is 5. The van der Waals surface area contributed by atoms with E-state index in [0.717, 1.165) is 16.9 Å². The van der Waals surface area contributed by atoms with Crippen molar-refractivity contribution in [2.24, 2.45) is 0 Å². The predicted octanol–water partition coefficient (Wildman–Crippen LogP) is 3.80. The van der Waals surface area contributed by atoms with Gasteiger partial charge in [0.1, 0.15) is 16.5 Å². The van der Waals surface area contributed by atoms with Crippen LogP contribution in [0.25, 0.3) is 6.08 Å². The van der Waals surface area contributed by atoms with Gasteiger partial charge in [0.05, 0.1) is 13.7 Å².